The van der Waals surface area contributed by atoms with E-state index < -0.39 is 0 Å². The first kappa shape index (κ1) is 12.5. The van der Waals surface area contributed by atoms with Crippen molar-refractivity contribution in [1.29, 1.82) is 0 Å². The number of aromatic nitrogens is 2. The third-order valence-corrected chi connectivity index (χ3v) is 3.27. The number of H-pyrrole nitrogens is 1. The van der Waals surface area contributed by atoms with E-state index >= 15 is 0 Å². The zero-order valence-corrected chi connectivity index (χ0v) is 11.5. The lowest BCUT2D eigenvalue weighted by Gasteiger charge is -2.23. The van der Waals surface area contributed by atoms with E-state index in [2.05, 4.69) is 70.3 Å². The molecule has 3 heteroatoms. The van der Waals surface area contributed by atoms with Gasteiger partial charge in [-0.3, -0.25) is 0 Å². The highest BCUT2D eigenvalue weighted by atomic mass is 15.2. The molecule has 0 spiro atoms. The Morgan fingerprint density at radius 2 is 1.90 bits per heavy atom. The minimum atomic E-state index is 0.812. The quantitative estimate of drug-likeness (QED) is 0.770. The van der Waals surface area contributed by atoms with Crippen LogP contribution in [0.15, 0.2) is 67.1 Å². The van der Waals surface area contributed by atoms with Crippen LogP contribution in [0, 0.1) is 6.92 Å². The highest BCUT2D eigenvalue weighted by Crippen LogP contribution is 2.26. The van der Waals surface area contributed by atoms with Crippen LogP contribution in [0.3, 0.4) is 0 Å². The number of nitrogens with one attached hydrogen (secondary N) is 1. The van der Waals surface area contributed by atoms with Crippen molar-refractivity contribution >= 4 is 11.5 Å². The SMILES string of the molecule is Cc1cccc(N(Cc2ccccc2)c2cnc[nH]2)c1. The molecule has 1 N–H and O–H groups in total. The summed E-state index contributed by atoms with van der Waals surface area (Å²) >= 11 is 0. The monoisotopic (exact) mass is 263 g/mol. The topological polar surface area (TPSA) is 31.9 Å². The summed E-state index contributed by atoms with van der Waals surface area (Å²) in [4.78, 5) is 9.56. The maximum absolute atomic E-state index is 4.14. The number of hydrogen-bond donors (Lipinski definition) is 1. The number of benzene rings is 2. The number of imidazole rings is 1. The first-order valence-corrected chi connectivity index (χ1v) is 6.69. The van der Waals surface area contributed by atoms with E-state index in [0.717, 1.165) is 18.1 Å². The van der Waals surface area contributed by atoms with E-state index in [4.69, 9.17) is 0 Å². The Balaban J connectivity index is 1.97. The van der Waals surface area contributed by atoms with E-state index in [1.54, 1.807) is 6.33 Å². The smallest absolute Gasteiger partial charge is 0.130 e. The summed E-state index contributed by atoms with van der Waals surface area (Å²) in [6, 6.07) is 18.9. The highest BCUT2D eigenvalue weighted by molar-refractivity contribution is 5.60. The molecule has 0 fully saturated rings. The van der Waals surface area contributed by atoms with Crippen LogP contribution >= 0.6 is 0 Å². The van der Waals surface area contributed by atoms with Crippen molar-refractivity contribution < 1.29 is 0 Å². The fourth-order valence-corrected chi connectivity index (χ4v) is 2.27. The number of hydrogen-bond acceptors (Lipinski definition) is 2. The fraction of sp³-hybridized carbons (Fsp3) is 0.118. The fourth-order valence-electron chi connectivity index (χ4n) is 2.27. The van der Waals surface area contributed by atoms with Gasteiger partial charge in [-0.1, -0.05) is 42.5 Å². The molecular formula is C17H17N3. The largest absolute Gasteiger partial charge is 0.331 e. The second-order valence-corrected chi connectivity index (χ2v) is 4.85. The minimum absolute atomic E-state index is 0.812. The summed E-state index contributed by atoms with van der Waals surface area (Å²) in [5.74, 6) is 0.999. The number of aryl methyl sites for hydroxylation is 1. The van der Waals surface area contributed by atoms with Crippen molar-refractivity contribution in [2.45, 2.75) is 13.5 Å². The minimum Gasteiger partial charge on any atom is -0.331 e. The molecule has 0 saturated carbocycles. The van der Waals surface area contributed by atoms with Gasteiger partial charge in [0.25, 0.3) is 0 Å². The molecule has 0 aliphatic carbocycles. The summed E-state index contributed by atoms with van der Waals surface area (Å²) in [6.45, 7) is 2.92. The van der Waals surface area contributed by atoms with Gasteiger partial charge in [0.05, 0.1) is 12.5 Å². The second kappa shape index (κ2) is 5.61. The van der Waals surface area contributed by atoms with Gasteiger partial charge in [0, 0.05) is 12.2 Å². The van der Waals surface area contributed by atoms with Crippen LogP contribution < -0.4 is 4.90 Å². The van der Waals surface area contributed by atoms with Crippen LogP contribution in [0.1, 0.15) is 11.1 Å². The third-order valence-electron chi connectivity index (χ3n) is 3.27. The van der Waals surface area contributed by atoms with E-state index in [1.165, 1.54) is 11.1 Å². The molecule has 20 heavy (non-hydrogen) atoms. The standard InChI is InChI=1S/C17H17N3/c1-14-6-5-9-16(10-14)20(17-11-18-13-19-17)12-15-7-3-2-4-8-15/h2-11,13H,12H2,1H3,(H,18,19). The van der Waals surface area contributed by atoms with Crippen molar-refractivity contribution in [3.63, 3.8) is 0 Å². The van der Waals surface area contributed by atoms with Gasteiger partial charge >= 0.3 is 0 Å². The molecule has 0 aliphatic heterocycles. The molecule has 3 aromatic rings. The predicted octanol–water partition coefficient (Wildman–Crippen LogP) is 4.06. The first-order valence-electron chi connectivity index (χ1n) is 6.69. The Morgan fingerprint density at radius 1 is 1.05 bits per heavy atom. The molecule has 3 nitrogen and oxygen atoms in total. The maximum atomic E-state index is 4.14. The van der Waals surface area contributed by atoms with Gasteiger partial charge in [-0.25, -0.2) is 4.98 Å². The number of anilines is 2. The highest BCUT2D eigenvalue weighted by Gasteiger charge is 2.11. The van der Waals surface area contributed by atoms with Crippen molar-refractivity contribution in [3.8, 4) is 0 Å². The van der Waals surface area contributed by atoms with E-state index in [9.17, 15) is 0 Å². The van der Waals surface area contributed by atoms with Crippen molar-refractivity contribution in [3.05, 3.63) is 78.2 Å². The lowest BCUT2D eigenvalue weighted by molar-refractivity contribution is 0.954. The molecular weight excluding hydrogens is 246 g/mol. The molecule has 0 radical (unpaired) electrons. The van der Waals surface area contributed by atoms with Crippen LogP contribution in [0.5, 0.6) is 0 Å². The molecule has 0 atom stereocenters. The number of nitrogens with zero attached hydrogens (tertiary/aromatic N) is 2. The summed E-state index contributed by atoms with van der Waals surface area (Å²) in [5.41, 5.74) is 3.68. The van der Waals surface area contributed by atoms with Gasteiger partial charge in [0.1, 0.15) is 5.82 Å². The van der Waals surface area contributed by atoms with Gasteiger partial charge in [0.2, 0.25) is 0 Å². The molecule has 0 aliphatic rings. The molecule has 2 aromatic carbocycles. The zero-order valence-electron chi connectivity index (χ0n) is 11.5. The molecule has 0 saturated heterocycles. The van der Waals surface area contributed by atoms with Gasteiger partial charge in [0.15, 0.2) is 0 Å². The van der Waals surface area contributed by atoms with Gasteiger partial charge in [-0.2, -0.15) is 0 Å². The molecule has 1 aromatic heterocycles. The molecule has 0 unspecified atom stereocenters. The van der Waals surface area contributed by atoms with Crippen molar-refractivity contribution in [2.24, 2.45) is 0 Å². The van der Waals surface area contributed by atoms with E-state index in [1.807, 2.05) is 12.3 Å². The third kappa shape index (κ3) is 2.72. The molecule has 1 heterocycles. The second-order valence-electron chi connectivity index (χ2n) is 4.85. The van der Waals surface area contributed by atoms with Crippen LogP contribution in [-0.4, -0.2) is 9.97 Å². The summed E-state index contributed by atoms with van der Waals surface area (Å²) in [6.07, 6.45) is 3.56. The Hall–Kier alpha value is -2.55. The van der Waals surface area contributed by atoms with E-state index in [0.29, 0.717) is 0 Å². The first-order chi connectivity index (χ1) is 9.83. The predicted molar refractivity (Wildman–Crippen MR) is 82.1 cm³/mol. The van der Waals surface area contributed by atoms with Crippen LogP contribution in [0.25, 0.3) is 0 Å². The van der Waals surface area contributed by atoms with E-state index in [-0.39, 0.29) is 0 Å². The molecule has 0 bridgehead atoms. The summed E-state index contributed by atoms with van der Waals surface area (Å²) < 4.78 is 0. The van der Waals surface area contributed by atoms with Crippen molar-refractivity contribution in [1.82, 2.24) is 9.97 Å². The average Bonchev–Trinajstić information content (AvgIpc) is 3.00. The summed E-state index contributed by atoms with van der Waals surface area (Å²) in [7, 11) is 0. The van der Waals surface area contributed by atoms with Crippen LogP contribution in [-0.2, 0) is 6.54 Å². The summed E-state index contributed by atoms with van der Waals surface area (Å²) in [5, 5.41) is 0. The molecule has 3 rings (SSSR count). The maximum Gasteiger partial charge on any atom is 0.130 e. The number of aromatic amines is 1. The van der Waals surface area contributed by atoms with Gasteiger partial charge in [-0.15, -0.1) is 0 Å². The van der Waals surface area contributed by atoms with Gasteiger partial charge < -0.3 is 9.88 Å². The van der Waals surface area contributed by atoms with Crippen molar-refractivity contribution in [2.75, 3.05) is 4.90 Å². The van der Waals surface area contributed by atoms with Gasteiger partial charge in [-0.05, 0) is 30.2 Å². The normalized spacial score (nSPS) is 10.4. The van der Waals surface area contributed by atoms with Crippen LogP contribution in [0.4, 0.5) is 11.5 Å². The number of rotatable bonds is 4. The Bertz CT molecular complexity index is 660. The lowest BCUT2D eigenvalue weighted by Crippen LogP contribution is -2.16. The Morgan fingerprint density at radius 3 is 2.60 bits per heavy atom. The van der Waals surface area contributed by atoms with Crippen LogP contribution in [0.2, 0.25) is 0 Å². The molecule has 100 valence electrons. The lowest BCUT2D eigenvalue weighted by atomic mass is 10.1. The Kier molecular flexibility index (Phi) is 3.50. The average molecular weight is 263 g/mol. The Labute approximate surface area is 118 Å². The zero-order chi connectivity index (χ0) is 13.8. The molecule has 0 amide bonds.